The van der Waals surface area contributed by atoms with Crippen LogP contribution in [0.1, 0.15) is 33.1 Å². The minimum absolute atomic E-state index is 0. The minimum Gasteiger partial charge on any atom is -0.412 e. The van der Waals surface area contributed by atoms with E-state index >= 15 is 0 Å². The topological polar surface area (TPSA) is 34.7 Å². The van der Waals surface area contributed by atoms with Gasteiger partial charge in [0, 0.05) is 6.04 Å². The van der Waals surface area contributed by atoms with Crippen molar-refractivity contribution >= 4 is 0 Å². The van der Waals surface area contributed by atoms with E-state index in [1.54, 1.807) is 0 Å². The van der Waals surface area contributed by atoms with E-state index in [9.17, 15) is 0 Å². The Hall–Kier alpha value is -0.0800. The van der Waals surface area contributed by atoms with Crippen LogP contribution in [0, 0.1) is 5.92 Å². The molecule has 0 bridgehead atoms. The van der Waals surface area contributed by atoms with E-state index in [2.05, 4.69) is 25.8 Å². The molecule has 0 radical (unpaired) electrons. The number of hydrogen-bond acceptors (Lipinski definition) is 1. The van der Waals surface area contributed by atoms with Gasteiger partial charge in [0.1, 0.15) is 0 Å². The van der Waals surface area contributed by atoms with Crippen LogP contribution >= 0.6 is 0 Å². The Bertz CT molecular complexity index is 104. The van der Waals surface area contributed by atoms with Crippen molar-refractivity contribution in [3.63, 3.8) is 0 Å². The Morgan fingerprint density at radius 1 is 1.27 bits per heavy atom. The molecule has 1 aliphatic heterocycles. The predicted octanol–water partition coefficient (Wildman–Crippen LogP) is 1.30. The lowest BCUT2D eigenvalue weighted by Crippen LogP contribution is -2.39. The highest BCUT2D eigenvalue weighted by molar-refractivity contribution is 4.76. The zero-order valence-corrected chi connectivity index (χ0v) is 7.93. The summed E-state index contributed by atoms with van der Waals surface area (Å²) in [6, 6.07) is 0.855. The van der Waals surface area contributed by atoms with Gasteiger partial charge >= 0.3 is 0 Å². The van der Waals surface area contributed by atoms with Crippen molar-refractivity contribution in [3.05, 3.63) is 0 Å². The Kier molecular flexibility index (Phi) is 4.69. The first-order valence-corrected chi connectivity index (χ1v) is 4.42. The zero-order valence-electron chi connectivity index (χ0n) is 7.93. The molecule has 1 aliphatic rings. The molecule has 0 aromatic heterocycles. The summed E-state index contributed by atoms with van der Waals surface area (Å²) in [7, 11) is 2.25. The molecule has 1 unspecified atom stereocenters. The second kappa shape index (κ2) is 4.73. The van der Waals surface area contributed by atoms with E-state index in [0.717, 1.165) is 12.0 Å². The van der Waals surface area contributed by atoms with Gasteiger partial charge in [0.2, 0.25) is 0 Å². The fourth-order valence-corrected chi connectivity index (χ4v) is 1.94. The number of nitrogens with zero attached hydrogens (tertiary/aromatic N) is 1. The highest BCUT2D eigenvalue weighted by Gasteiger charge is 2.20. The normalized spacial score (nSPS) is 26.7. The lowest BCUT2D eigenvalue weighted by atomic mass is 9.93. The van der Waals surface area contributed by atoms with Crippen molar-refractivity contribution in [2.45, 2.75) is 39.2 Å². The van der Waals surface area contributed by atoms with Crippen molar-refractivity contribution in [2.75, 3.05) is 13.6 Å². The van der Waals surface area contributed by atoms with Gasteiger partial charge < -0.3 is 10.4 Å². The van der Waals surface area contributed by atoms with E-state index < -0.39 is 0 Å². The van der Waals surface area contributed by atoms with Crippen molar-refractivity contribution < 1.29 is 5.48 Å². The largest absolute Gasteiger partial charge is 0.412 e. The van der Waals surface area contributed by atoms with Gasteiger partial charge in [-0.15, -0.1) is 0 Å². The monoisotopic (exact) mass is 159 g/mol. The molecule has 0 aromatic rings. The second-order valence-corrected chi connectivity index (χ2v) is 3.79. The minimum atomic E-state index is 0. The predicted molar refractivity (Wildman–Crippen MR) is 48.7 cm³/mol. The first-order chi connectivity index (χ1) is 4.72. The standard InChI is InChI=1S/C9H19N.H2O/c1-8(2)9-6-4-5-7-10(9)3;/h8-9H,4-7H2,1-3H3;1H2. The Morgan fingerprint density at radius 2 is 1.91 bits per heavy atom. The van der Waals surface area contributed by atoms with Crippen molar-refractivity contribution in [2.24, 2.45) is 5.92 Å². The molecule has 1 atom stereocenters. The fraction of sp³-hybridized carbons (Fsp3) is 1.00. The smallest absolute Gasteiger partial charge is 0.0115 e. The van der Waals surface area contributed by atoms with Gasteiger partial charge in [-0.3, -0.25) is 0 Å². The fourth-order valence-electron chi connectivity index (χ4n) is 1.94. The Balaban J connectivity index is 0.000001000. The van der Waals surface area contributed by atoms with E-state index in [-0.39, 0.29) is 5.48 Å². The molecular weight excluding hydrogens is 138 g/mol. The quantitative estimate of drug-likeness (QED) is 0.568. The van der Waals surface area contributed by atoms with Crippen LogP contribution in [-0.2, 0) is 0 Å². The molecule has 68 valence electrons. The maximum Gasteiger partial charge on any atom is 0.0115 e. The van der Waals surface area contributed by atoms with E-state index in [4.69, 9.17) is 0 Å². The van der Waals surface area contributed by atoms with Gasteiger partial charge in [0.05, 0.1) is 0 Å². The van der Waals surface area contributed by atoms with Gasteiger partial charge in [-0.25, -0.2) is 0 Å². The van der Waals surface area contributed by atoms with Crippen LogP contribution in [0.3, 0.4) is 0 Å². The summed E-state index contributed by atoms with van der Waals surface area (Å²) in [5.41, 5.74) is 0. The number of hydrogen-bond donors (Lipinski definition) is 0. The van der Waals surface area contributed by atoms with Crippen LogP contribution in [-0.4, -0.2) is 30.0 Å². The van der Waals surface area contributed by atoms with E-state index in [1.165, 1.54) is 25.8 Å². The van der Waals surface area contributed by atoms with Crippen LogP contribution in [0.2, 0.25) is 0 Å². The molecule has 0 saturated carbocycles. The maximum absolute atomic E-state index is 2.51. The first kappa shape index (κ1) is 10.9. The summed E-state index contributed by atoms with van der Waals surface area (Å²) >= 11 is 0. The van der Waals surface area contributed by atoms with Crippen LogP contribution in [0.25, 0.3) is 0 Å². The van der Waals surface area contributed by atoms with Crippen molar-refractivity contribution in [1.82, 2.24) is 4.90 Å². The highest BCUT2D eigenvalue weighted by Crippen LogP contribution is 2.20. The number of piperidine rings is 1. The van der Waals surface area contributed by atoms with Crippen molar-refractivity contribution in [1.29, 1.82) is 0 Å². The summed E-state index contributed by atoms with van der Waals surface area (Å²) < 4.78 is 0. The van der Waals surface area contributed by atoms with Crippen molar-refractivity contribution in [3.8, 4) is 0 Å². The average Bonchev–Trinajstić information content (AvgIpc) is 1.88. The molecule has 2 heteroatoms. The van der Waals surface area contributed by atoms with Crippen LogP contribution < -0.4 is 0 Å². The van der Waals surface area contributed by atoms with Crippen LogP contribution in [0.15, 0.2) is 0 Å². The summed E-state index contributed by atoms with van der Waals surface area (Å²) in [4.78, 5) is 2.51. The summed E-state index contributed by atoms with van der Waals surface area (Å²) in [5.74, 6) is 0.838. The summed E-state index contributed by atoms with van der Waals surface area (Å²) in [6.45, 7) is 5.96. The van der Waals surface area contributed by atoms with Crippen LogP contribution in [0.5, 0.6) is 0 Å². The molecule has 1 rings (SSSR count). The van der Waals surface area contributed by atoms with Gasteiger partial charge in [0.25, 0.3) is 0 Å². The Labute approximate surface area is 69.9 Å². The molecule has 0 aromatic carbocycles. The van der Waals surface area contributed by atoms with Gasteiger partial charge in [0.15, 0.2) is 0 Å². The first-order valence-electron chi connectivity index (χ1n) is 4.42. The van der Waals surface area contributed by atoms with Crippen LogP contribution in [0.4, 0.5) is 0 Å². The lowest BCUT2D eigenvalue weighted by Gasteiger charge is -2.35. The van der Waals surface area contributed by atoms with E-state index in [1.807, 2.05) is 0 Å². The second-order valence-electron chi connectivity index (χ2n) is 3.79. The molecule has 1 heterocycles. The third-order valence-electron chi connectivity index (χ3n) is 2.60. The molecule has 2 N–H and O–H groups in total. The van der Waals surface area contributed by atoms with Gasteiger partial charge in [-0.1, -0.05) is 20.3 Å². The summed E-state index contributed by atoms with van der Waals surface area (Å²) in [5, 5.41) is 0. The SMILES string of the molecule is CC(C)C1CCCCN1C.O. The molecule has 0 spiro atoms. The zero-order chi connectivity index (χ0) is 7.56. The third-order valence-corrected chi connectivity index (χ3v) is 2.60. The molecule has 11 heavy (non-hydrogen) atoms. The summed E-state index contributed by atoms with van der Waals surface area (Å²) in [6.07, 6.45) is 4.25. The number of likely N-dealkylation sites (tertiary alicyclic amines) is 1. The average molecular weight is 159 g/mol. The molecule has 1 saturated heterocycles. The third kappa shape index (κ3) is 2.80. The van der Waals surface area contributed by atoms with E-state index in [0.29, 0.717) is 0 Å². The molecule has 0 aliphatic carbocycles. The molecule has 2 nitrogen and oxygen atoms in total. The Morgan fingerprint density at radius 3 is 2.27 bits per heavy atom. The lowest BCUT2D eigenvalue weighted by molar-refractivity contribution is 0.144. The maximum atomic E-state index is 2.51. The molecule has 1 fully saturated rings. The van der Waals surface area contributed by atoms with Gasteiger partial charge in [-0.05, 0) is 32.4 Å². The van der Waals surface area contributed by atoms with Gasteiger partial charge in [-0.2, -0.15) is 0 Å². The highest BCUT2D eigenvalue weighted by atomic mass is 16.0. The molecular formula is C9H21NO. The number of rotatable bonds is 1. The molecule has 0 amide bonds.